The average molecular weight is 146 g/mol. The van der Waals surface area contributed by atoms with E-state index in [0.29, 0.717) is 0 Å². The molecule has 7 heavy (non-hydrogen) atoms. The molecule has 0 spiro atoms. The summed E-state index contributed by atoms with van der Waals surface area (Å²) < 4.78 is 14.8. The minimum absolute atomic E-state index is 0.297. The van der Waals surface area contributed by atoms with Crippen molar-refractivity contribution in [2.24, 2.45) is 0 Å². The lowest BCUT2D eigenvalue weighted by molar-refractivity contribution is 0.570. The van der Waals surface area contributed by atoms with E-state index in [-0.39, 0.29) is 8.92 Å². The second kappa shape index (κ2) is 2.65. The van der Waals surface area contributed by atoms with Crippen LogP contribution in [0.5, 0.6) is 0 Å². The minimum Gasteiger partial charge on any atom is -0.455 e. The van der Waals surface area contributed by atoms with E-state index in [1.165, 1.54) is 0 Å². The third kappa shape index (κ3) is 3.03. The maximum Gasteiger partial charge on any atom is 0.335 e. The fraction of sp³-hybridized carbons (Fsp3) is 1.00. The van der Waals surface area contributed by atoms with Crippen molar-refractivity contribution < 1.29 is 8.58 Å². The molecule has 0 unspecified atom stereocenters. The normalized spacial score (nSPS) is 11.3. The van der Waals surface area contributed by atoms with Crippen LogP contribution in [0.2, 0.25) is 13.1 Å². The molecular formula is C2H6O2Si3. The van der Waals surface area contributed by atoms with E-state index in [9.17, 15) is 4.46 Å². The Bertz CT molecular complexity index is 71.3. The second-order valence-corrected chi connectivity index (χ2v) is 9.98. The van der Waals surface area contributed by atoms with E-state index in [4.69, 9.17) is 4.12 Å². The molecular weight excluding hydrogens is 140 g/mol. The van der Waals surface area contributed by atoms with Gasteiger partial charge in [-0.1, -0.05) is 0 Å². The van der Waals surface area contributed by atoms with Crippen LogP contribution in [-0.4, -0.2) is 27.2 Å². The first-order chi connectivity index (χ1) is 3.12. The van der Waals surface area contributed by atoms with E-state index in [2.05, 4.69) is 10.5 Å². The van der Waals surface area contributed by atoms with Crippen LogP contribution in [0.15, 0.2) is 0 Å². The van der Waals surface area contributed by atoms with Crippen molar-refractivity contribution in [1.29, 1.82) is 0 Å². The van der Waals surface area contributed by atoms with Gasteiger partial charge in [0.1, 0.15) is 0 Å². The largest absolute Gasteiger partial charge is 0.455 e. The van der Waals surface area contributed by atoms with Crippen molar-refractivity contribution in [3.8, 4) is 0 Å². The Morgan fingerprint density at radius 2 is 2.14 bits per heavy atom. The quantitative estimate of drug-likeness (QED) is 0.506. The number of rotatable bonds is 2. The molecule has 5 heteroatoms. The monoisotopic (exact) mass is 146 g/mol. The predicted molar refractivity (Wildman–Crippen MR) is 30.8 cm³/mol. The van der Waals surface area contributed by atoms with E-state index < -0.39 is 7.83 Å². The van der Waals surface area contributed by atoms with Crippen LogP contribution in [0.1, 0.15) is 0 Å². The fourth-order valence-electron chi connectivity index (χ4n) is 0.0208. The van der Waals surface area contributed by atoms with Gasteiger partial charge in [-0.3, -0.25) is 0 Å². The van der Waals surface area contributed by atoms with Gasteiger partial charge in [0.2, 0.25) is 18.3 Å². The first-order valence-electron chi connectivity index (χ1n) is 1.86. The zero-order valence-electron chi connectivity index (χ0n) is 4.32. The van der Waals surface area contributed by atoms with Gasteiger partial charge in [0, 0.05) is 0 Å². The summed E-state index contributed by atoms with van der Waals surface area (Å²) >= 11 is 0. The molecule has 0 aliphatic heterocycles. The molecule has 0 aromatic rings. The van der Waals surface area contributed by atoms with E-state index in [0.717, 1.165) is 0 Å². The van der Waals surface area contributed by atoms with Gasteiger partial charge in [0.25, 0.3) is 0 Å². The Morgan fingerprint density at radius 3 is 2.14 bits per heavy atom. The zero-order valence-corrected chi connectivity index (χ0v) is 7.32. The Morgan fingerprint density at radius 1 is 1.71 bits per heavy atom. The summed E-state index contributed by atoms with van der Waals surface area (Å²) in [5.74, 6) is 0. The lowest BCUT2D eigenvalue weighted by atomic mass is 11.9. The molecule has 0 aliphatic carbocycles. The van der Waals surface area contributed by atoms with Crippen molar-refractivity contribution >= 4 is 27.2 Å². The van der Waals surface area contributed by atoms with Crippen molar-refractivity contribution in [2.45, 2.75) is 13.1 Å². The molecule has 0 aromatic heterocycles. The fourth-order valence-corrected chi connectivity index (χ4v) is 0.562. The standard InChI is InChI=1S/C2H6O2Si3/c1-7(2,4-5)6-3/h1-2H3. The highest BCUT2D eigenvalue weighted by Gasteiger charge is 2.20. The molecule has 0 atom stereocenters. The highest BCUT2D eigenvalue weighted by atomic mass is 29.2. The molecule has 2 nitrogen and oxygen atoms in total. The molecule has 0 saturated carbocycles. The van der Waals surface area contributed by atoms with Crippen LogP contribution in [0.3, 0.4) is 0 Å². The Labute approximate surface area is 49.6 Å². The minimum atomic E-state index is -1.77. The van der Waals surface area contributed by atoms with Crippen LogP contribution < -0.4 is 0 Å². The highest BCUT2D eigenvalue weighted by Crippen LogP contribution is 1.92. The predicted octanol–water partition coefficient (Wildman–Crippen LogP) is -0.162. The van der Waals surface area contributed by atoms with E-state index in [1.807, 2.05) is 13.1 Å². The average Bonchev–Trinajstić information content (AvgIpc) is 1.68. The van der Waals surface area contributed by atoms with Gasteiger partial charge in [-0.2, -0.15) is 0 Å². The summed E-state index contributed by atoms with van der Waals surface area (Å²) in [6, 6.07) is 0. The second-order valence-electron chi connectivity index (χ2n) is 1.71. The third-order valence-corrected chi connectivity index (χ3v) is 5.43. The van der Waals surface area contributed by atoms with Gasteiger partial charge in [0.15, 0.2) is 0 Å². The van der Waals surface area contributed by atoms with Gasteiger partial charge >= 0.3 is 8.92 Å². The first-order valence-corrected chi connectivity index (χ1v) is 7.09. The lowest BCUT2D eigenvalue weighted by Gasteiger charge is -2.07. The van der Waals surface area contributed by atoms with Crippen molar-refractivity contribution in [3.05, 3.63) is 0 Å². The molecule has 0 saturated heterocycles. The van der Waals surface area contributed by atoms with Gasteiger partial charge in [-0.05, 0) is 13.1 Å². The van der Waals surface area contributed by atoms with Gasteiger partial charge in [-0.15, -0.1) is 0 Å². The third-order valence-electron chi connectivity index (χ3n) is 0.501. The smallest absolute Gasteiger partial charge is 0.335 e. The summed E-state index contributed by atoms with van der Waals surface area (Å²) in [4.78, 5) is 0. The molecule has 0 amide bonds. The van der Waals surface area contributed by atoms with Crippen LogP contribution in [0, 0.1) is 0 Å². The molecule has 0 heterocycles. The van der Waals surface area contributed by atoms with E-state index >= 15 is 0 Å². The summed E-state index contributed by atoms with van der Waals surface area (Å²) in [5.41, 5.74) is 0. The molecule has 0 fully saturated rings. The van der Waals surface area contributed by atoms with E-state index in [1.54, 1.807) is 0 Å². The maximum absolute atomic E-state index is 10.1. The van der Waals surface area contributed by atoms with Crippen LogP contribution in [0.25, 0.3) is 0 Å². The summed E-state index contributed by atoms with van der Waals surface area (Å²) in [5, 5.41) is 0. The molecule has 4 radical (unpaired) electrons. The van der Waals surface area contributed by atoms with Gasteiger partial charge in [0.05, 0.1) is 0 Å². The molecule has 0 aliphatic rings. The van der Waals surface area contributed by atoms with Crippen LogP contribution in [-0.2, 0) is 8.58 Å². The maximum atomic E-state index is 10.1. The van der Waals surface area contributed by atoms with Crippen molar-refractivity contribution in [2.75, 3.05) is 0 Å². The Hall–Kier alpha value is 0.411. The molecule has 0 aromatic carbocycles. The first kappa shape index (κ1) is 7.41. The molecule has 0 bridgehead atoms. The number of hydrogen-bond acceptors (Lipinski definition) is 2. The van der Waals surface area contributed by atoms with Gasteiger partial charge in [-0.25, -0.2) is 0 Å². The molecule has 0 N–H and O–H groups in total. The van der Waals surface area contributed by atoms with Crippen LogP contribution >= 0.6 is 0 Å². The summed E-state index contributed by atoms with van der Waals surface area (Å²) in [6.07, 6.45) is 0. The number of hydrogen-bond donors (Lipinski definition) is 0. The lowest BCUT2D eigenvalue weighted by Crippen LogP contribution is -2.32. The topological polar surface area (TPSA) is 26.3 Å². The van der Waals surface area contributed by atoms with Crippen molar-refractivity contribution in [1.82, 2.24) is 0 Å². The van der Waals surface area contributed by atoms with Crippen molar-refractivity contribution in [3.63, 3.8) is 0 Å². The molecule has 0 rings (SSSR count). The van der Waals surface area contributed by atoms with Crippen LogP contribution in [0.4, 0.5) is 0 Å². The summed E-state index contributed by atoms with van der Waals surface area (Å²) in [6.45, 7) is 3.73. The highest BCUT2D eigenvalue weighted by molar-refractivity contribution is 7.15. The zero-order chi connectivity index (χ0) is 5.91. The molecule has 38 valence electrons. The Kier molecular flexibility index (Phi) is 2.81. The Balaban J connectivity index is 3.58. The summed E-state index contributed by atoms with van der Waals surface area (Å²) in [7, 11) is 0.781. The SMILES string of the molecule is C[Si](C)(O[Si])[Si]=O. The van der Waals surface area contributed by atoms with Gasteiger partial charge < -0.3 is 8.58 Å².